The highest BCUT2D eigenvalue weighted by Crippen LogP contribution is 2.24. The number of carbonyl (C=O) groups is 1. The van der Waals surface area contributed by atoms with Gasteiger partial charge in [-0.1, -0.05) is 30.3 Å². The average Bonchev–Trinajstić information content (AvgIpc) is 2.79. The number of halogens is 2. The van der Waals surface area contributed by atoms with Gasteiger partial charge in [0.15, 0.2) is 11.6 Å². The molecule has 0 unspecified atom stereocenters. The van der Waals surface area contributed by atoms with Crippen molar-refractivity contribution >= 4 is 21.6 Å². The highest BCUT2D eigenvalue weighted by Gasteiger charge is 2.27. The SMILES string of the molecule is COc1ccc(S(=O)(=O)N(CCc2ccccc2)CC(=O)Nc2ccc(F)c(F)c2)cc1C. The molecule has 1 amide bonds. The number of anilines is 1. The number of ether oxygens (including phenoxy) is 1. The van der Waals surface area contributed by atoms with E-state index in [9.17, 15) is 22.0 Å². The third kappa shape index (κ3) is 6.15. The molecular formula is C24H24F2N2O4S. The van der Waals surface area contributed by atoms with Crippen LogP contribution in [0.15, 0.2) is 71.6 Å². The van der Waals surface area contributed by atoms with Gasteiger partial charge in [0, 0.05) is 18.3 Å². The van der Waals surface area contributed by atoms with E-state index in [0.717, 1.165) is 22.0 Å². The molecule has 3 aromatic rings. The van der Waals surface area contributed by atoms with Gasteiger partial charge in [0.1, 0.15) is 5.75 Å². The van der Waals surface area contributed by atoms with Crippen LogP contribution in [0.1, 0.15) is 11.1 Å². The normalized spacial score (nSPS) is 11.4. The first-order valence-corrected chi connectivity index (χ1v) is 11.6. The van der Waals surface area contributed by atoms with E-state index in [0.29, 0.717) is 17.7 Å². The summed E-state index contributed by atoms with van der Waals surface area (Å²) < 4.78 is 59.7. The Morgan fingerprint density at radius 1 is 1.00 bits per heavy atom. The fraction of sp³-hybridized carbons (Fsp3) is 0.208. The highest BCUT2D eigenvalue weighted by molar-refractivity contribution is 7.89. The van der Waals surface area contributed by atoms with Gasteiger partial charge < -0.3 is 10.1 Å². The van der Waals surface area contributed by atoms with E-state index >= 15 is 0 Å². The fourth-order valence-electron chi connectivity index (χ4n) is 3.28. The topological polar surface area (TPSA) is 75.7 Å². The van der Waals surface area contributed by atoms with Crippen LogP contribution in [0.25, 0.3) is 0 Å². The zero-order valence-electron chi connectivity index (χ0n) is 18.2. The van der Waals surface area contributed by atoms with Crippen LogP contribution in [-0.4, -0.2) is 38.8 Å². The zero-order chi connectivity index (χ0) is 24.0. The molecular weight excluding hydrogens is 450 g/mol. The second kappa shape index (κ2) is 10.5. The number of hydrogen-bond donors (Lipinski definition) is 1. The zero-order valence-corrected chi connectivity index (χ0v) is 19.0. The van der Waals surface area contributed by atoms with Crippen molar-refractivity contribution in [1.29, 1.82) is 0 Å². The Kier molecular flexibility index (Phi) is 7.78. The number of rotatable bonds is 9. The first kappa shape index (κ1) is 24.3. The molecule has 0 saturated heterocycles. The van der Waals surface area contributed by atoms with Crippen molar-refractivity contribution in [3.63, 3.8) is 0 Å². The molecule has 0 atom stereocenters. The van der Waals surface area contributed by atoms with Crippen molar-refractivity contribution in [2.45, 2.75) is 18.2 Å². The lowest BCUT2D eigenvalue weighted by molar-refractivity contribution is -0.116. The molecule has 0 bridgehead atoms. The van der Waals surface area contributed by atoms with Crippen LogP contribution >= 0.6 is 0 Å². The van der Waals surface area contributed by atoms with Gasteiger partial charge in [0.25, 0.3) is 0 Å². The number of sulfonamides is 1. The van der Waals surface area contributed by atoms with Crippen LogP contribution in [0.5, 0.6) is 5.75 Å². The van der Waals surface area contributed by atoms with Gasteiger partial charge in [0.2, 0.25) is 15.9 Å². The smallest absolute Gasteiger partial charge is 0.243 e. The van der Waals surface area contributed by atoms with Crippen molar-refractivity contribution in [2.75, 3.05) is 25.5 Å². The van der Waals surface area contributed by atoms with E-state index in [-0.39, 0.29) is 17.1 Å². The largest absolute Gasteiger partial charge is 0.496 e. The molecule has 0 saturated carbocycles. The number of benzene rings is 3. The van der Waals surface area contributed by atoms with Crippen LogP contribution in [0.2, 0.25) is 0 Å². The molecule has 0 fully saturated rings. The Morgan fingerprint density at radius 3 is 2.36 bits per heavy atom. The summed E-state index contributed by atoms with van der Waals surface area (Å²) >= 11 is 0. The van der Waals surface area contributed by atoms with Crippen molar-refractivity contribution in [2.24, 2.45) is 0 Å². The predicted molar refractivity (Wildman–Crippen MR) is 122 cm³/mol. The summed E-state index contributed by atoms with van der Waals surface area (Å²) in [5.74, 6) is -2.30. The minimum atomic E-state index is -4.04. The van der Waals surface area contributed by atoms with Crippen molar-refractivity contribution < 1.29 is 26.7 Å². The van der Waals surface area contributed by atoms with Gasteiger partial charge in [-0.05, 0) is 54.8 Å². The number of methoxy groups -OCH3 is 1. The number of nitrogens with zero attached hydrogens (tertiary/aromatic N) is 1. The third-order valence-electron chi connectivity index (χ3n) is 5.02. The lowest BCUT2D eigenvalue weighted by atomic mass is 10.1. The maximum Gasteiger partial charge on any atom is 0.243 e. The van der Waals surface area contributed by atoms with E-state index in [2.05, 4.69) is 5.32 Å². The first-order valence-electron chi connectivity index (χ1n) is 10.1. The minimum absolute atomic E-state index is 0.0227. The summed E-state index contributed by atoms with van der Waals surface area (Å²) in [6.07, 6.45) is 0.383. The molecule has 9 heteroatoms. The summed E-state index contributed by atoms with van der Waals surface area (Å²) in [6.45, 7) is 1.27. The first-order chi connectivity index (χ1) is 15.7. The number of hydrogen-bond acceptors (Lipinski definition) is 4. The number of nitrogens with one attached hydrogen (secondary N) is 1. The molecule has 6 nitrogen and oxygen atoms in total. The molecule has 1 N–H and O–H groups in total. The van der Waals surface area contributed by atoms with Crippen LogP contribution < -0.4 is 10.1 Å². The van der Waals surface area contributed by atoms with E-state index in [4.69, 9.17) is 4.74 Å². The summed E-state index contributed by atoms with van der Waals surface area (Å²) in [7, 11) is -2.55. The van der Waals surface area contributed by atoms with Crippen molar-refractivity contribution in [3.8, 4) is 5.75 Å². The lowest BCUT2D eigenvalue weighted by Crippen LogP contribution is -2.39. The van der Waals surface area contributed by atoms with Gasteiger partial charge in [-0.3, -0.25) is 4.79 Å². The number of aryl methyl sites for hydroxylation is 1. The Bertz CT molecular complexity index is 1230. The Balaban J connectivity index is 1.85. The second-order valence-corrected chi connectivity index (χ2v) is 9.32. The van der Waals surface area contributed by atoms with Gasteiger partial charge in [-0.2, -0.15) is 4.31 Å². The van der Waals surface area contributed by atoms with Crippen molar-refractivity contribution in [3.05, 3.63) is 89.5 Å². The third-order valence-corrected chi connectivity index (χ3v) is 6.86. The van der Waals surface area contributed by atoms with E-state index in [1.54, 1.807) is 13.0 Å². The molecule has 0 aliphatic rings. The van der Waals surface area contributed by atoms with Crippen LogP contribution in [0.4, 0.5) is 14.5 Å². The summed E-state index contributed by atoms with van der Waals surface area (Å²) in [4.78, 5) is 12.6. The van der Waals surface area contributed by atoms with E-state index in [1.807, 2.05) is 30.3 Å². The molecule has 0 radical (unpaired) electrons. The average molecular weight is 475 g/mol. The maximum atomic E-state index is 13.5. The molecule has 3 rings (SSSR count). The Morgan fingerprint density at radius 2 is 1.73 bits per heavy atom. The fourth-order valence-corrected chi connectivity index (χ4v) is 4.76. The molecule has 174 valence electrons. The molecule has 0 heterocycles. The van der Waals surface area contributed by atoms with E-state index < -0.39 is 34.1 Å². The predicted octanol–water partition coefficient (Wildman–Crippen LogP) is 4.15. The minimum Gasteiger partial charge on any atom is -0.496 e. The summed E-state index contributed by atoms with van der Waals surface area (Å²) in [5.41, 5.74) is 1.57. The Labute approximate surface area is 191 Å². The molecule has 0 spiro atoms. The van der Waals surface area contributed by atoms with Gasteiger partial charge in [0.05, 0.1) is 18.6 Å². The van der Waals surface area contributed by atoms with E-state index in [1.165, 1.54) is 25.3 Å². The highest BCUT2D eigenvalue weighted by atomic mass is 32.2. The second-order valence-electron chi connectivity index (χ2n) is 7.38. The quantitative estimate of drug-likeness (QED) is 0.506. The summed E-state index contributed by atoms with van der Waals surface area (Å²) in [6, 6.07) is 16.7. The van der Waals surface area contributed by atoms with Crippen LogP contribution in [0.3, 0.4) is 0 Å². The molecule has 0 aromatic heterocycles. The van der Waals surface area contributed by atoms with Crippen LogP contribution in [0, 0.1) is 18.6 Å². The number of amides is 1. The molecule has 3 aromatic carbocycles. The molecule has 0 aliphatic carbocycles. The lowest BCUT2D eigenvalue weighted by Gasteiger charge is -2.22. The van der Waals surface area contributed by atoms with Gasteiger partial charge in [-0.25, -0.2) is 17.2 Å². The summed E-state index contributed by atoms with van der Waals surface area (Å²) in [5, 5.41) is 2.42. The number of carbonyl (C=O) groups excluding carboxylic acids is 1. The van der Waals surface area contributed by atoms with Crippen molar-refractivity contribution in [1.82, 2.24) is 4.31 Å². The molecule has 0 aliphatic heterocycles. The monoisotopic (exact) mass is 474 g/mol. The van der Waals surface area contributed by atoms with Gasteiger partial charge in [-0.15, -0.1) is 0 Å². The maximum absolute atomic E-state index is 13.5. The molecule has 33 heavy (non-hydrogen) atoms. The standard InChI is InChI=1S/C24H24F2N2O4S/c1-17-14-20(9-11-23(17)32-2)33(30,31)28(13-12-18-6-4-3-5-7-18)16-24(29)27-19-8-10-21(25)22(26)15-19/h3-11,14-15H,12-13,16H2,1-2H3,(H,27,29). The Hall–Kier alpha value is -3.30. The van der Waals surface area contributed by atoms with Crippen LogP contribution in [-0.2, 0) is 21.2 Å². The van der Waals surface area contributed by atoms with Gasteiger partial charge >= 0.3 is 0 Å².